The van der Waals surface area contributed by atoms with Crippen molar-refractivity contribution >= 4 is 28.2 Å². The minimum Gasteiger partial charge on any atom is -0.461 e. The van der Waals surface area contributed by atoms with Crippen LogP contribution in [0.1, 0.15) is 25.1 Å². The lowest BCUT2D eigenvalue weighted by Gasteiger charge is -2.26. The molecule has 6 nitrogen and oxygen atoms in total. The molecular weight excluding hydrogens is 350 g/mol. The maximum atomic E-state index is 6.21. The number of rotatable bonds is 3. The molecule has 0 N–H and O–H groups in total. The molecule has 5 rings (SSSR count). The zero-order chi connectivity index (χ0) is 17.5. The topological polar surface area (TPSA) is 59.5 Å². The molecule has 132 valence electrons. The van der Waals surface area contributed by atoms with Gasteiger partial charge >= 0.3 is 0 Å². The molecular formula is C19H18ClN5O. The van der Waals surface area contributed by atoms with Crippen LogP contribution in [0.5, 0.6) is 0 Å². The van der Waals surface area contributed by atoms with Gasteiger partial charge in [0.1, 0.15) is 5.82 Å². The fourth-order valence-corrected chi connectivity index (χ4v) is 3.74. The lowest BCUT2D eigenvalue weighted by atomic mass is 10.1. The lowest BCUT2D eigenvalue weighted by molar-refractivity contribution is 0.214. The fraction of sp³-hybridized carbons (Fsp3) is 0.316. The molecule has 0 spiro atoms. The van der Waals surface area contributed by atoms with Gasteiger partial charge in [-0.25, -0.2) is 9.97 Å². The second kappa shape index (κ2) is 6.37. The lowest BCUT2D eigenvalue weighted by Crippen LogP contribution is -2.30. The summed E-state index contributed by atoms with van der Waals surface area (Å²) in [6, 6.07) is 9.40. The number of benzene rings is 1. The Balaban J connectivity index is 1.70. The smallest absolute Gasteiger partial charge is 0.217 e. The third-order valence-corrected chi connectivity index (χ3v) is 5.09. The molecule has 0 radical (unpaired) electrons. The molecule has 0 unspecified atom stereocenters. The first-order valence-corrected chi connectivity index (χ1v) is 9.27. The van der Waals surface area contributed by atoms with Gasteiger partial charge < -0.3 is 4.42 Å². The van der Waals surface area contributed by atoms with Gasteiger partial charge in [-0.2, -0.15) is 4.52 Å². The number of piperidine rings is 1. The third kappa shape index (κ3) is 2.75. The summed E-state index contributed by atoms with van der Waals surface area (Å²) in [6.45, 7) is 2.96. The van der Waals surface area contributed by atoms with Gasteiger partial charge in [0, 0.05) is 10.4 Å². The van der Waals surface area contributed by atoms with E-state index in [0.29, 0.717) is 16.6 Å². The van der Waals surface area contributed by atoms with Crippen LogP contribution >= 0.6 is 11.6 Å². The molecule has 1 aliphatic rings. The first-order chi connectivity index (χ1) is 12.8. The average molecular weight is 368 g/mol. The van der Waals surface area contributed by atoms with Crippen LogP contribution in [0.4, 0.5) is 0 Å². The van der Waals surface area contributed by atoms with Gasteiger partial charge in [0.05, 0.1) is 18.3 Å². The van der Waals surface area contributed by atoms with E-state index in [9.17, 15) is 0 Å². The van der Waals surface area contributed by atoms with Crippen molar-refractivity contribution in [2.45, 2.75) is 25.8 Å². The van der Waals surface area contributed by atoms with Crippen LogP contribution in [0, 0.1) is 0 Å². The summed E-state index contributed by atoms with van der Waals surface area (Å²) in [5.74, 6) is 2.10. The van der Waals surface area contributed by atoms with Gasteiger partial charge in [-0.1, -0.05) is 18.0 Å². The quantitative estimate of drug-likeness (QED) is 0.543. The molecule has 1 aromatic carbocycles. The van der Waals surface area contributed by atoms with Crippen molar-refractivity contribution in [1.82, 2.24) is 24.5 Å². The number of aromatic nitrogens is 4. The van der Waals surface area contributed by atoms with Gasteiger partial charge in [-0.15, -0.1) is 5.10 Å². The number of furan rings is 1. The fourth-order valence-electron chi connectivity index (χ4n) is 3.57. The molecule has 1 aliphatic heterocycles. The van der Waals surface area contributed by atoms with E-state index in [1.807, 2.05) is 34.8 Å². The summed E-state index contributed by atoms with van der Waals surface area (Å²) in [6.07, 6.45) is 5.41. The van der Waals surface area contributed by atoms with Crippen molar-refractivity contribution in [1.29, 1.82) is 0 Å². The molecule has 26 heavy (non-hydrogen) atoms. The number of halogens is 1. The molecule has 4 heterocycles. The van der Waals surface area contributed by atoms with Crippen molar-refractivity contribution in [3.05, 3.63) is 47.4 Å². The predicted molar refractivity (Wildman–Crippen MR) is 100 cm³/mol. The zero-order valence-corrected chi connectivity index (χ0v) is 15.0. The van der Waals surface area contributed by atoms with Gasteiger partial charge in [-0.05, 0) is 56.3 Å². The molecule has 1 saturated heterocycles. The largest absolute Gasteiger partial charge is 0.461 e. The second-order valence-electron chi connectivity index (χ2n) is 6.67. The maximum Gasteiger partial charge on any atom is 0.217 e. The van der Waals surface area contributed by atoms with E-state index < -0.39 is 0 Å². The van der Waals surface area contributed by atoms with Crippen molar-refractivity contribution in [2.75, 3.05) is 13.1 Å². The van der Waals surface area contributed by atoms with Gasteiger partial charge in [0.25, 0.3) is 0 Å². The van der Waals surface area contributed by atoms with Crippen LogP contribution in [-0.4, -0.2) is 37.6 Å². The zero-order valence-electron chi connectivity index (χ0n) is 14.2. The maximum absolute atomic E-state index is 6.21. The second-order valence-corrected chi connectivity index (χ2v) is 7.11. The van der Waals surface area contributed by atoms with E-state index in [-0.39, 0.29) is 0 Å². The Bertz CT molecular complexity index is 1070. The molecule has 1 fully saturated rings. The Morgan fingerprint density at radius 3 is 2.77 bits per heavy atom. The molecule has 0 amide bonds. The van der Waals surface area contributed by atoms with E-state index in [4.69, 9.17) is 26.0 Å². The van der Waals surface area contributed by atoms with Crippen molar-refractivity contribution in [3.63, 3.8) is 0 Å². The van der Waals surface area contributed by atoms with Gasteiger partial charge in [0.2, 0.25) is 5.82 Å². The molecule has 3 aromatic heterocycles. The van der Waals surface area contributed by atoms with E-state index >= 15 is 0 Å². The number of hydrogen-bond donors (Lipinski definition) is 0. The Morgan fingerprint density at radius 1 is 1.08 bits per heavy atom. The van der Waals surface area contributed by atoms with Crippen LogP contribution in [0.15, 0.2) is 41.0 Å². The molecule has 0 aliphatic carbocycles. The van der Waals surface area contributed by atoms with E-state index in [1.54, 1.807) is 6.26 Å². The van der Waals surface area contributed by atoms with Crippen LogP contribution in [-0.2, 0) is 6.54 Å². The molecule has 0 saturated carbocycles. The highest BCUT2D eigenvalue weighted by atomic mass is 35.5. The molecule has 7 heteroatoms. The highest BCUT2D eigenvalue weighted by Crippen LogP contribution is 2.26. The van der Waals surface area contributed by atoms with Crippen molar-refractivity contribution in [3.8, 4) is 11.6 Å². The summed E-state index contributed by atoms with van der Waals surface area (Å²) in [5.41, 5.74) is 1.64. The van der Waals surface area contributed by atoms with E-state index in [0.717, 1.165) is 42.0 Å². The Hall–Kier alpha value is -2.44. The van der Waals surface area contributed by atoms with Crippen LogP contribution in [0.25, 0.3) is 28.1 Å². The summed E-state index contributed by atoms with van der Waals surface area (Å²) in [4.78, 5) is 12.0. The van der Waals surface area contributed by atoms with Crippen molar-refractivity contribution < 1.29 is 4.42 Å². The minimum absolute atomic E-state index is 0.559. The van der Waals surface area contributed by atoms with Crippen LogP contribution in [0.2, 0.25) is 5.02 Å². The van der Waals surface area contributed by atoms with E-state index in [1.165, 1.54) is 19.3 Å². The van der Waals surface area contributed by atoms with Gasteiger partial charge in [0.15, 0.2) is 11.4 Å². The van der Waals surface area contributed by atoms with Gasteiger partial charge in [-0.3, -0.25) is 4.90 Å². The molecule has 0 bridgehead atoms. The summed E-state index contributed by atoms with van der Waals surface area (Å²) in [5, 5.41) is 6.23. The first kappa shape index (κ1) is 15.8. The molecule has 4 aromatic rings. The standard InChI is InChI=1S/C19H18ClN5O/c20-13-6-7-15-14(11-13)19-22-18(16-5-4-10-26-16)23-25(19)17(21-15)12-24-8-2-1-3-9-24/h4-7,10-11H,1-3,8-9,12H2. The van der Waals surface area contributed by atoms with Crippen molar-refractivity contribution in [2.24, 2.45) is 0 Å². The summed E-state index contributed by atoms with van der Waals surface area (Å²) < 4.78 is 7.32. The Kier molecular flexibility index (Phi) is 3.87. The number of nitrogens with zero attached hydrogens (tertiary/aromatic N) is 5. The monoisotopic (exact) mass is 367 g/mol. The predicted octanol–water partition coefficient (Wildman–Crippen LogP) is 4.18. The highest BCUT2D eigenvalue weighted by molar-refractivity contribution is 6.31. The van der Waals surface area contributed by atoms with E-state index in [2.05, 4.69) is 10.00 Å². The number of likely N-dealkylation sites (tertiary alicyclic amines) is 1. The average Bonchev–Trinajstić information content (AvgIpc) is 3.33. The Labute approximate surface area is 155 Å². The summed E-state index contributed by atoms with van der Waals surface area (Å²) >= 11 is 6.21. The summed E-state index contributed by atoms with van der Waals surface area (Å²) in [7, 11) is 0. The minimum atomic E-state index is 0.559. The Morgan fingerprint density at radius 2 is 1.96 bits per heavy atom. The first-order valence-electron chi connectivity index (χ1n) is 8.89. The third-order valence-electron chi connectivity index (χ3n) is 4.86. The highest BCUT2D eigenvalue weighted by Gasteiger charge is 2.19. The van der Waals surface area contributed by atoms with Crippen LogP contribution in [0.3, 0.4) is 0 Å². The number of fused-ring (bicyclic) bond motifs is 3. The van der Waals surface area contributed by atoms with Crippen LogP contribution < -0.4 is 0 Å². The SMILES string of the molecule is Clc1ccc2nc(CN3CCCCC3)n3nc(-c4ccco4)nc3c2c1. The normalized spacial score (nSPS) is 15.9. The molecule has 0 atom stereocenters. The number of hydrogen-bond acceptors (Lipinski definition) is 5.